The van der Waals surface area contributed by atoms with Crippen LogP contribution in [0, 0.1) is 6.92 Å². The van der Waals surface area contributed by atoms with Crippen molar-refractivity contribution in [1.29, 1.82) is 0 Å². The minimum absolute atomic E-state index is 0.141. The number of nitrogens with zero attached hydrogens (tertiary/aromatic N) is 3. The van der Waals surface area contributed by atoms with Crippen LogP contribution in [0.2, 0.25) is 5.02 Å². The average molecular weight is 416 g/mol. The molecule has 2 atom stereocenters. The van der Waals surface area contributed by atoms with Gasteiger partial charge in [0.15, 0.2) is 0 Å². The van der Waals surface area contributed by atoms with Crippen LogP contribution in [0.25, 0.3) is 0 Å². The molecule has 2 aromatic carbocycles. The fraction of sp³-hybridized carbons (Fsp3) is 0.211. The molecule has 28 heavy (non-hydrogen) atoms. The zero-order valence-corrected chi connectivity index (χ0v) is 16.8. The SMILES string of the molecule is COc1cccc(NC(=O)[C@H]2Sc3nnc(C)n3N[C@H]2c2ccc(Cl)cc2)c1. The molecule has 7 nitrogen and oxygen atoms in total. The molecule has 4 rings (SSSR count). The van der Waals surface area contributed by atoms with E-state index in [-0.39, 0.29) is 11.9 Å². The lowest BCUT2D eigenvalue weighted by Crippen LogP contribution is -2.41. The van der Waals surface area contributed by atoms with Crippen LogP contribution in [0.5, 0.6) is 5.75 Å². The molecular formula is C19H18ClN5O2S. The highest BCUT2D eigenvalue weighted by Gasteiger charge is 2.37. The molecule has 1 amide bonds. The van der Waals surface area contributed by atoms with Crippen molar-refractivity contribution < 1.29 is 9.53 Å². The molecule has 1 aliphatic rings. The molecule has 0 saturated heterocycles. The molecule has 1 aromatic heterocycles. The van der Waals surface area contributed by atoms with Crippen molar-refractivity contribution in [3.05, 3.63) is 64.9 Å². The van der Waals surface area contributed by atoms with Crippen LogP contribution in [-0.4, -0.2) is 33.1 Å². The Hall–Kier alpha value is -2.71. The Bertz CT molecular complexity index is 1010. The van der Waals surface area contributed by atoms with Crippen molar-refractivity contribution in [3.8, 4) is 5.75 Å². The minimum Gasteiger partial charge on any atom is -0.497 e. The quantitative estimate of drug-likeness (QED) is 0.677. The molecule has 144 valence electrons. The Morgan fingerprint density at radius 2 is 2.04 bits per heavy atom. The number of nitrogens with one attached hydrogen (secondary N) is 2. The van der Waals surface area contributed by atoms with Gasteiger partial charge in [0.2, 0.25) is 11.1 Å². The molecule has 0 radical (unpaired) electrons. The summed E-state index contributed by atoms with van der Waals surface area (Å²) in [5.41, 5.74) is 4.98. The number of benzene rings is 2. The first-order valence-electron chi connectivity index (χ1n) is 8.61. The average Bonchev–Trinajstić information content (AvgIpc) is 3.08. The second-order valence-electron chi connectivity index (χ2n) is 6.28. The predicted octanol–water partition coefficient (Wildman–Crippen LogP) is 3.65. The molecule has 2 heterocycles. The predicted molar refractivity (Wildman–Crippen MR) is 110 cm³/mol. The largest absolute Gasteiger partial charge is 0.497 e. The highest BCUT2D eigenvalue weighted by atomic mass is 35.5. The lowest BCUT2D eigenvalue weighted by molar-refractivity contribution is -0.116. The normalized spacial score (nSPS) is 18.1. The number of carbonyl (C=O) groups is 1. The monoisotopic (exact) mass is 415 g/mol. The fourth-order valence-corrected chi connectivity index (χ4v) is 4.25. The third-order valence-electron chi connectivity index (χ3n) is 4.42. The maximum Gasteiger partial charge on any atom is 0.240 e. The number of thioether (sulfide) groups is 1. The summed E-state index contributed by atoms with van der Waals surface area (Å²) in [4.78, 5) is 13.1. The number of hydrogen-bond donors (Lipinski definition) is 2. The number of amides is 1. The van der Waals surface area contributed by atoms with E-state index in [9.17, 15) is 4.79 Å². The summed E-state index contributed by atoms with van der Waals surface area (Å²) in [6.07, 6.45) is 0. The number of carbonyl (C=O) groups excluding carboxylic acids is 1. The van der Waals surface area contributed by atoms with E-state index in [0.717, 1.165) is 11.4 Å². The van der Waals surface area contributed by atoms with Crippen molar-refractivity contribution in [3.63, 3.8) is 0 Å². The summed E-state index contributed by atoms with van der Waals surface area (Å²) in [5, 5.41) is 12.1. The Labute approximate surface area is 171 Å². The van der Waals surface area contributed by atoms with Gasteiger partial charge in [-0.05, 0) is 36.8 Å². The first-order valence-corrected chi connectivity index (χ1v) is 9.86. The lowest BCUT2D eigenvalue weighted by Gasteiger charge is -2.32. The van der Waals surface area contributed by atoms with Crippen LogP contribution in [-0.2, 0) is 4.79 Å². The number of anilines is 1. The number of hydrogen-bond acceptors (Lipinski definition) is 6. The van der Waals surface area contributed by atoms with Crippen molar-refractivity contribution in [1.82, 2.24) is 14.9 Å². The van der Waals surface area contributed by atoms with Gasteiger partial charge in [-0.3, -0.25) is 4.79 Å². The zero-order valence-electron chi connectivity index (χ0n) is 15.2. The van der Waals surface area contributed by atoms with Crippen LogP contribution in [0.15, 0.2) is 53.7 Å². The van der Waals surface area contributed by atoms with E-state index < -0.39 is 5.25 Å². The summed E-state index contributed by atoms with van der Waals surface area (Å²) < 4.78 is 7.03. The van der Waals surface area contributed by atoms with Gasteiger partial charge in [0.25, 0.3) is 0 Å². The van der Waals surface area contributed by atoms with Gasteiger partial charge in [0, 0.05) is 16.8 Å². The summed E-state index contributed by atoms with van der Waals surface area (Å²) in [7, 11) is 1.59. The zero-order chi connectivity index (χ0) is 19.7. The Morgan fingerprint density at radius 3 is 2.79 bits per heavy atom. The summed E-state index contributed by atoms with van der Waals surface area (Å²) >= 11 is 7.41. The Balaban J connectivity index is 1.65. The molecule has 0 unspecified atom stereocenters. The molecular weight excluding hydrogens is 398 g/mol. The van der Waals surface area contributed by atoms with Gasteiger partial charge < -0.3 is 15.5 Å². The standard InChI is InChI=1S/C19H18ClN5O2S/c1-11-22-23-19-25(11)24-16(12-6-8-13(20)9-7-12)17(28-19)18(26)21-14-4-3-5-15(10-14)27-2/h3-10,16-17,24H,1-2H3,(H,21,26)/t16-,17-/m0/s1. The number of methoxy groups -OCH3 is 1. The van der Waals surface area contributed by atoms with Gasteiger partial charge in [0.1, 0.15) is 16.8 Å². The number of halogens is 1. The molecule has 0 saturated carbocycles. The lowest BCUT2D eigenvalue weighted by atomic mass is 10.0. The van der Waals surface area contributed by atoms with E-state index in [2.05, 4.69) is 20.9 Å². The maximum atomic E-state index is 13.1. The van der Waals surface area contributed by atoms with Gasteiger partial charge in [0.05, 0.1) is 13.2 Å². The van der Waals surface area contributed by atoms with E-state index >= 15 is 0 Å². The fourth-order valence-electron chi connectivity index (χ4n) is 2.99. The Morgan fingerprint density at radius 1 is 1.25 bits per heavy atom. The van der Waals surface area contributed by atoms with E-state index in [0.29, 0.717) is 21.6 Å². The summed E-state index contributed by atoms with van der Waals surface area (Å²) in [6, 6.07) is 14.4. The first kappa shape index (κ1) is 18.6. The highest BCUT2D eigenvalue weighted by Crippen LogP contribution is 2.37. The molecule has 3 aromatic rings. The molecule has 2 N–H and O–H groups in total. The van der Waals surface area contributed by atoms with E-state index in [1.807, 2.05) is 49.4 Å². The number of aryl methyl sites for hydroxylation is 1. The van der Waals surface area contributed by atoms with E-state index in [1.54, 1.807) is 17.9 Å². The van der Waals surface area contributed by atoms with E-state index in [4.69, 9.17) is 16.3 Å². The van der Waals surface area contributed by atoms with Crippen molar-refractivity contribution >= 4 is 35.0 Å². The molecule has 1 aliphatic heterocycles. The van der Waals surface area contributed by atoms with Gasteiger partial charge in [-0.25, -0.2) is 4.68 Å². The maximum absolute atomic E-state index is 13.1. The topological polar surface area (TPSA) is 81.1 Å². The van der Waals surface area contributed by atoms with Gasteiger partial charge in [-0.15, -0.1) is 10.2 Å². The third-order valence-corrected chi connectivity index (χ3v) is 5.89. The summed E-state index contributed by atoms with van der Waals surface area (Å²) in [5.74, 6) is 1.27. The number of fused-ring (bicyclic) bond motifs is 1. The van der Waals surface area contributed by atoms with Gasteiger partial charge in [-0.2, -0.15) is 0 Å². The molecule has 0 fully saturated rings. The van der Waals surface area contributed by atoms with Crippen LogP contribution in [0.4, 0.5) is 5.69 Å². The van der Waals surface area contributed by atoms with Crippen LogP contribution in [0.1, 0.15) is 17.4 Å². The molecule has 0 aliphatic carbocycles. The third kappa shape index (κ3) is 3.65. The minimum atomic E-state index is -0.455. The molecule has 0 bridgehead atoms. The van der Waals surface area contributed by atoms with Crippen LogP contribution < -0.4 is 15.5 Å². The van der Waals surface area contributed by atoms with Crippen molar-refractivity contribution in [2.45, 2.75) is 23.4 Å². The highest BCUT2D eigenvalue weighted by molar-refractivity contribution is 8.00. The van der Waals surface area contributed by atoms with Gasteiger partial charge in [-0.1, -0.05) is 41.6 Å². The van der Waals surface area contributed by atoms with Crippen molar-refractivity contribution in [2.24, 2.45) is 0 Å². The number of rotatable bonds is 4. The first-order chi connectivity index (χ1) is 13.5. The summed E-state index contributed by atoms with van der Waals surface area (Å²) in [6.45, 7) is 1.86. The van der Waals surface area contributed by atoms with Gasteiger partial charge >= 0.3 is 0 Å². The Kier molecular flexibility index (Phi) is 5.15. The second kappa shape index (κ2) is 7.73. The van der Waals surface area contributed by atoms with Crippen LogP contribution in [0.3, 0.4) is 0 Å². The van der Waals surface area contributed by atoms with E-state index in [1.165, 1.54) is 11.8 Å². The number of aromatic nitrogens is 3. The van der Waals surface area contributed by atoms with Crippen molar-refractivity contribution in [2.75, 3.05) is 17.9 Å². The number of ether oxygens (including phenoxy) is 1. The molecule has 0 spiro atoms. The smallest absolute Gasteiger partial charge is 0.240 e. The van der Waals surface area contributed by atoms with Crippen LogP contribution >= 0.6 is 23.4 Å². The second-order valence-corrected chi connectivity index (χ2v) is 7.83. The molecule has 9 heteroatoms.